The number of H-pyrrole nitrogens is 1. The van der Waals surface area contributed by atoms with Crippen LogP contribution in [0.4, 0.5) is 0 Å². The van der Waals surface area contributed by atoms with Crippen LogP contribution in [0.25, 0.3) is 0 Å². The highest BCUT2D eigenvalue weighted by molar-refractivity contribution is 5.95. The van der Waals surface area contributed by atoms with E-state index in [2.05, 4.69) is 25.6 Å². The lowest BCUT2D eigenvalue weighted by Crippen LogP contribution is -2.27. The Hall–Kier alpha value is -2.71. The van der Waals surface area contributed by atoms with Gasteiger partial charge < -0.3 is 10.4 Å². The predicted octanol–water partition coefficient (Wildman–Crippen LogP) is -0.0353. The molecule has 0 aromatic carbocycles. The van der Waals surface area contributed by atoms with Gasteiger partial charge in [-0.25, -0.2) is 4.98 Å². The number of nitrogens with zero attached hydrogens (tertiary/aromatic N) is 4. The first-order valence-electron chi connectivity index (χ1n) is 6.31. The first-order chi connectivity index (χ1) is 9.88. The van der Waals surface area contributed by atoms with Crippen LogP contribution < -0.4 is 5.32 Å². The Morgan fingerprint density at radius 1 is 1.52 bits per heavy atom. The van der Waals surface area contributed by atoms with Crippen LogP contribution in [0.3, 0.4) is 0 Å². The van der Waals surface area contributed by atoms with Crippen LogP contribution in [-0.2, 0) is 18.3 Å². The lowest BCUT2D eigenvalue weighted by atomic mass is 10.2. The average molecular weight is 292 g/mol. The van der Waals surface area contributed by atoms with Gasteiger partial charge in [-0.3, -0.25) is 19.4 Å². The number of aromatic amines is 1. The molecule has 0 fully saturated rings. The zero-order chi connectivity index (χ0) is 15.6. The van der Waals surface area contributed by atoms with Crippen molar-refractivity contribution in [3.05, 3.63) is 29.1 Å². The van der Waals surface area contributed by atoms with Crippen molar-refractivity contribution in [3.8, 4) is 0 Å². The number of aliphatic carboxylic acids is 1. The van der Waals surface area contributed by atoms with Crippen molar-refractivity contribution >= 4 is 11.9 Å². The molecule has 9 nitrogen and oxygen atoms in total. The number of hydrogen-bond acceptors (Lipinski definition) is 5. The number of carboxylic acid groups (broad SMARTS) is 1. The second-order valence-corrected chi connectivity index (χ2v) is 4.67. The third kappa shape index (κ3) is 3.25. The monoisotopic (exact) mass is 292 g/mol. The summed E-state index contributed by atoms with van der Waals surface area (Å²) in [6.45, 7) is 3.52. The van der Waals surface area contributed by atoms with E-state index in [0.717, 1.165) is 5.69 Å². The van der Waals surface area contributed by atoms with E-state index < -0.39 is 12.0 Å². The minimum atomic E-state index is -1.000. The number of carbonyl (C=O) groups is 2. The number of nitrogens with one attached hydrogen (secondary N) is 2. The first-order valence-corrected chi connectivity index (χ1v) is 6.31. The molecular weight excluding hydrogens is 276 g/mol. The second kappa shape index (κ2) is 5.73. The summed E-state index contributed by atoms with van der Waals surface area (Å²) in [7, 11) is 1.75. The number of carbonyl (C=O) groups excluding carboxylic acids is 1. The quantitative estimate of drug-likeness (QED) is 0.710. The largest absolute Gasteiger partial charge is 0.481 e. The van der Waals surface area contributed by atoms with Gasteiger partial charge >= 0.3 is 5.97 Å². The number of carboxylic acids is 1. The van der Waals surface area contributed by atoms with E-state index in [1.54, 1.807) is 25.6 Å². The number of hydrogen-bond donors (Lipinski definition) is 3. The lowest BCUT2D eigenvalue weighted by molar-refractivity contribution is -0.136. The molecule has 3 N–H and O–H groups in total. The highest BCUT2D eigenvalue weighted by atomic mass is 16.4. The molecule has 0 aliphatic heterocycles. The zero-order valence-corrected chi connectivity index (χ0v) is 11.9. The predicted molar refractivity (Wildman–Crippen MR) is 71.5 cm³/mol. The molecule has 0 aliphatic rings. The van der Waals surface area contributed by atoms with E-state index in [9.17, 15) is 9.59 Å². The lowest BCUT2D eigenvalue weighted by Gasteiger charge is -2.09. The summed E-state index contributed by atoms with van der Waals surface area (Å²) in [5.41, 5.74) is 1.23. The smallest absolute Gasteiger partial charge is 0.311 e. The van der Waals surface area contributed by atoms with Crippen LogP contribution in [-0.4, -0.2) is 41.9 Å². The van der Waals surface area contributed by atoms with E-state index in [4.69, 9.17) is 5.11 Å². The average Bonchev–Trinajstić information content (AvgIpc) is 2.97. The Kier molecular flexibility index (Phi) is 4.01. The molecule has 2 aromatic rings. The molecule has 0 spiro atoms. The molecule has 0 radical (unpaired) electrons. The molecule has 1 atom stereocenters. The summed E-state index contributed by atoms with van der Waals surface area (Å²) in [6.07, 6.45) is 1.25. The summed E-state index contributed by atoms with van der Waals surface area (Å²) >= 11 is 0. The van der Waals surface area contributed by atoms with Gasteiger partial charge in [-0.1, -0.05) is 0 Å². The number of aryl methyl sites for hydroxylation is 1. The maximum atomic E-state index is 12.1. The van der Waals surface area contributed by atoms with Gasteiger partial charge in [0, 0.05) is 12.7 Å². The summed E-state index contributed by atoms with van der Waals surface area (Å²) in [6, 6.07) is -0.448. The first kappa shape index (κ1) is 14.7. The molecule has 0 unspecified atom stereocenters. The standard InChI is InChI=1S/C12H16N6O3/c1-6(11-15-9(16-17-11)4-10(19)20)14-12(21)8-5-13-18(3)7(8)2/h5-6H,4H2,1-3H3,(H,14,21)(H,19,20)(H,15,16,17)/t6-/m0/s1. The molecule has 9 heteroatoms. The van der Waals surface area contributed by atoms with Crippen LogP contribution in [0, 0.1) is 6.92 Å². The van der Waals surface area contributed by atoms with Gasteiger partial charge in [0.2, 0.25) is 0 Å². The summed E-state index contributed by atoms with van der Waals surface area (Å²) in [5, 5.41) is 21.9. The molecule has 2 rings (SSSR count). The zero-order valence-electron chi connectivity index (χ0n) is 11.9. The second-order valence-electron chi connectivity index (χ2n) is 4.67. The highest BCUT2D eigenvalue weighted by Crippen LogP contribution is 2.10. The van der Waals surface area contributed by atoms with E-state index in [1.165, 1.54) is 6.20 Å². The molecule has 1 amide bonds. The summed E-state index contributed by atoms with van der Waals surface area (Å²) in [4.78, 5) is 26.7. The van der Waals surface area contributed by atoms with Crippen LogP contribution in [0.15, 0.2) is 6.20 Å². The fourth-order valence-corrected chi connectivity index (χ4v) is 1.79. The van der Waals surface area contributed by atoms with Gasteiger partial charge in [-0.15, -0.1) is 0 Å². The minimum absolute atomic E-state index is 0.241. The van der Waals surface area contributed by atoms with Gasteiger partial charge in [0.25, 0.3) is 5.91 Å². The third-order valence-corrected chi connectivity index (χ3v) is 3.08. The van der Waals surface area contributed by atoms with Crippen molar-refractivity contribution in [3.63, 3.8) is 0 Å². The SMILES string of the molecule is Cc1c(C(=O)N[C@@H](C)c2n[nH]c(CC(=O)O)n2)cnn1C. The molecule has 2 heterocycles. The van der Waals surface area contributed by atoms with Gasteiger partial charge in [0.1, 0.15) is 12.2 Å². The Bertz CT molecular complexity index is 674. The number of rotatable bonds is 5. The molecule has 0 saturated carbocycles. The minimum Gasteiger partial charge on any atom is -0.481 e. The van der Waals surface area contributed by atoms with Crippen molar-refractivity contribution in [2.45, 2.75) is 26.3 Å². The van der Waals surface area contributed by atoms with Crippen molar-refractivity contribution < 1.29 is 14.7 Å². The van der Waals surface area contributed by atoms with Gasteiger partial charge in [0.15, 0.2) is 5.82 Å². The van der Waals surface area contributed by atoms with E-state index in [0.29, 0.717) is 11.4 Å². The van der Waals surface area contributed by atoms with Crippen LogP contribution in [0.1, 0.15) is 40.7 Å². The Balaban J connectivity index is 2.05. The normalized spacial score (nSPS) is 12.1. The molecule has 0 aliphatic carbocycles. The van der Waals surface area contributed by atoms with Crippen molar-refractivity contribution in [2.75, 3.05) is 0 Å². The van der Waals surface area contributed by atoms with Crippen LogP contribution >= 0.6 is 0 Å². The van der Waals surface area contributed by atoms with Gasteiger partial charge in [0.05, 0.1) is 17.8 Å². The molecular formula is C12H16N6O3. The van der Waals surface area contributed by atoms with Gasteiger partial charge in [-0.05, 0) is 13.8 Å². The molecule has 0 saturated heterocycles. The van der Waals surface area contributed by atoms with E-state index in [1.807, 2.05) is 0 Å². The summed E-state index contributed by atoms with van der Waals surface area (Å²) < 4.78 is 1.61. The van der Waals surface area contributed by atoms with Crippen molar-refractivity contribution in [1.29, 1.82) is 0 Å². The fourth-order valence-electron chi connectivity index (χ4n) is 1.79. The highest BCUT2D eigenvalue weighted by Gasteiger charge is 2.19. The van der Waals surface area contributed by atoms with Gasteiger partial charge in [-0.2, -0.15) is 10.2 Å². The van der Waals surface area contributed by atoms with E-state index >= 15 is 0 Å². The van der Waals surface area contributed by atoms with Crippen molar-refractivity contribution in [2.24, 2.45) is 7.05 Å². The summed E-state index contributed by atoms with van der Waals surface area (Å²) in [5.74, 6) is -0.699. The topological polar surface area (TPSA) is 126 Å². The van der Waals surface area contributed by atoms with E-state index in [-0.39, 0.29) is 18.2 Å². The maximum Gasteiger partial charge on any atom is 0.311 e. The Morgan fingerprint density at radius 3 is 2.81 bits per heavy atom. The fraction of sp³-hybridized carbons (Fsp3) is 0.417. The Morgan fingerprint density at radius 2 is 2.24 bits per heavy atom. The third-order valence-electron chi connectivity index (χ3n) is 3.08. The van der Waals surface area contributed by atoms with Crippen LogP contribution in [0.5, 0.6) is 0 Å². The Labute approximate surface area is 120 Å². The number of amides is 1. The molecule has 112 valence electrons. The molecule has 0 bridgehead atoms. The number of aromatic nitrogens is 5. The molecule has 21 heavy (non-hydrogen) atoms. The van der Waals surface area contributed by atoms with Crippen molar-refractivity contribution in [1.82, 2.24) is 30.3 Å². The molecule has 2 aromatic heterocycles. The maximum absolute atomic E-state index is 12.1. The van der Waals surface area contributed by atoms with Crippen LogP contribution in [0.2, 0.25) is 0 Å².